The van der Waals surface area contributed by atoms with Crippen LogP contribution in [0.4, 0.5) is 4.39 Å². The van der Waals surface area contributed by atoms with Crippen molar-refractivity contribution in [1.29, 1.82) is 5.26 Å². The summed E-state index contributed by atoms with van der Waals surface area (Å²) in [7, 11) is 1.47. The summed E-state index contributed by atoms with van der Waals surface area (Å²) in [5.74, 6) is 0.137. The largest absolute Gasteiger partial charge is 0.497 e. The first-order valence-corrected chi connectivity index (χ1v) is 6.14. The standard InChI is InChI=1S/C15H11ClFNO2/c1-9-3-4-13(16)15(14(9)17)20-12-6-10(8-18)5-11(7-12)19-2/h3-7H,1-2H3. The van der Waals surface area contributed by atoms with Gasteiger partial charge in [0.1, 0.15) is 11.5 Å². The summed E-state index contributed by atoms with van der Waals surface area (Å²) in [5.41, 5.74) is 0.774. The second kappa shape index (κ2) is 5.81. The molecular weight excluding hydrogens is 281 g/mol. The number of halogens is 2. The lowest BCUT2D eigenvalue weighted by atomic mass is 10.2. The highest BCUT2D eigenvalue weighted by Crippen LogP contribution is 2.35. The second-order valence-corrected chi connectivity index (χ2v) is 4.53. The van der Waals surface area contributed by atoms with E-state index in [1.807, 2.05) is 6.07 Å². The van der Waals surface area contributed by atoms with Crippen LogP contribution in [0.1, 0.15) is 11.1 Å². The summed E-state index contributed by atoms with van der Waals surface area (Å²) >= 11 is 5.94. The lowest BCUT2D eigenvalue weighted by molar-refractivity contribution is 0.404. The molecule has 2 rings (SSSR count). The van der Waals surface area contributed by atoms with Gasteiger partial charge in [-0.05, 0) is 30.7 Å². The van der Waals surface area contributed by atoms with E-state index in [4.69, 9.17) is 26.3 Å². The molecule has 2 aromatic rings. The fourth-order valence-corrected chi connectivity index (χ4v) is 1.84. The summed E-state index contributed by atoms with van der Waals surface area (Å²) in [5, 5.41) is 9.10. The minimum atomic E-state index is -0.529. The number of benzene rings is 2. The average molecular weight is 292 g/mol. The number of nitriles is 1. The number of hydrogen-bond donors (Lipinski definition) is 0. The molecule has 0 amide bonds. The predicted molar refractivity (Wildman–Crippen MR) is 73.9 cm³/mol. The Labute approximate surface area is 121 Å². The van der Waals surface area contributed by atoms with Crippen molar-refractivity contribution in [2.75, 3.05) is 7.11 Å². The van der Waals surface area contributed by atoms with Gasteiger partial charge in [0.2, 0.25) is 0 Å². The molecule has 0 aromatic heterocycles. The van der Waals surface area contributed by atoms with Gasteiger partial charge in [-0.3, -0.25) is 0 Å². The van der Waals surface area contributed by atoms with Gasteiger partial charge in [0, 0.05) is 6.07 Å². The fraction of sp³-hybridized carbons (Fsp3) is 0.133. The van der Waals surface area contributed by atoms with Gasteiger partial charge in [0.15, 0.2) is 11.6 Å². The first-order chi connectivity index (χ1) is 9.55. The maximum atomic E-state index is 14.0. The van der Waals surface area contributed by atoms with Crippen LogP contribution in [-0.2, 0) is 0 Å². The molecule has 0 aliphatic heterocycles. The highest BCUT2D eigenvalue weighted by atomic mass is 35.5. The van der Waals surface area contributed by atoms with Crippen molar-refractivity contribution in [3.63, 3.8) is 0 Å². The van der Waals surface area contributed by atoms with Crippen LogP contribution in [0.2, 0.25) is 5.02 Å². The first kappa shape index (κ1) is 14.2. The lowest BCUT2D eigenvalue weighted by Crippen LogP contribution is -1.94. The van der Waals surface area contributed by atoms with Crippen LogP contribution < -0.4 is 9.47 Å². The molecule has 0 unspecified atom stereocenters. The molecule has 3 nitrogen and oxygen atoms in total. The quantitative estimate of drug-likeness (QED) is 0.838. The molecule has 0 bridgehead atoms. The summed E-state index contributed by atoms with van der Waals surface area (Å²) in [6, 6.07) is 9.70. The van der Waals surface area contributed by atoms with E-state index in [1.165, 1.54) is 13.2 Å². The number of aryl methyl sites for hydroxylation is 1. The maximum Gasteiger partial charge on any atom is 0.181 e. The van der Waals surface area contributed by atoms with E-state index < -0.39 is 5.82 Å². The number of methoxy groups -OCH3 is 1. The van der Waals surface area contributed by atoms with Gasteiger partial charge in [-0.2, -0.15) is 5.26 Å². The highest BCUT2D eigenvalue weighted by Gasteiger charge is 2.13. The average Bonchev–Trinajstić information content (AvgIpc) is 2.47. The molecule has 0 heterocycles. The van der Waals surface area contributed by atoms with E-state index in [0.717, 1.165) is 0 Å². The van der Waals surface area contributed by atoms with Gasteiger partial charge in [0.25, 0.3) is 0 Å². The van der Waals surface area contributed by atoms with Crippen LogP contribution >= 0.6 is 11.6 Å². The fourth-order valence-electron chi connectivity index (χ4n) is 1.66. The summed E-state index contributed by atoms with van der Waals surface area (Å²) < 4.78 is 24.5. The predicted octanol–water partition coefficient (Wildman–Crippen LogP) is 4.46. The topological polar surface area (TPSA) is 42.2 Å². The van der Waals surface area contributed by atoms with Crippen molar-refractivity contribution in [2.24, 2.45) is 0 Å². The minimum absolute atomic E-state index is 0.0659. The Balaban J connectivity index is 2.45. The zero-order valence-electron chi connectivity index (χ0n) is 10.9. The molecule has 0 N–H and O–H groups in total. The molecule has 0 aliphatic carbocycles. The third kappa shape index (κ3) is 2.84. The minimum Gasteiger partial charge on any atom is -0.497 e. The zero-order valence-corrected chi connectivity index (χ0v) is 11.7. The molecule has 0 atom stereocenters. The smallest absolute Gasteiger partial charge is 0.181 e. The Morgan fingerprint density at radius 2 is 1.90 bits per heavy atom. The maximum absolute atomic E-state index is 14.0. The van der Waals surface area contributed by atoms with E-state index >= 15 is 0 Å². The van der Waals surface area contributed by atoms with Gasteiger partial charge < -0.3 is 9.47 Å². The molecule has 0 aliphatic rings. The molecule has 102 valence electrons. The summed E-state index contributed by atoms with van der Waals surface area (Å²) in [4.78, 5) is 0. The Hall–Kier alpha value is -2.25. The van der Waals surface area contributed by atoms with E-state index in [2.05, 4.69) is 0 Å². The monoisotopic (exact) mass is 291 g/mol. The van der Waals surface area contributed by atoms with Gasteiger partial charge >= 0.3 is 0 Å². The second-order valence-electron chi connectivity index (χ2n) is 4.12. The van der Waals surface area contributed by atoms with E-state index in [1.54, 1.807) is 31.2 Å². The van der Waals surface area contributed by atoms with Crippen LogP contribution in [0.3, 0.4) is 0 Å². The van der Waals surface area contributed by atoms with Crippen molar-refractivity contribution >= 4 is 11.6 Å². The lowest BCUT2D eigenvalue weighted by Gasteiger charge is -2.11. The van der Waals surface area contributed by atoms with Crippen LogP contribution in [0.5, 0.6) is 17.2 Å². The van der Waals surface area contributed by atoms with Crippen LogP contribution in [-0.4, -0.2) is 7.11 Å². The first-order valence-electron chi connectivity index (χ1n) is 5.76. The summed E-state index contributed by atoms with van der Waals surface area (Å²) in [6.45, 7) is 1.62. The van der Waals surface area contributed by atoms with Crippen LogP contribution in [0.25, 0.3) is 0 Å². The van der Waals surface area contributed by atoms with Crippen molar-refractivity contribution < 1.29 is 13.9 Å². The van der Waals surface area contributed by atoms with Crippen molar-refractivity contribution in [2.45, 2.75) is 6.92 Å². The van der Waals surface area contributed by atoms with Crippen molar-refractivity contribution in [1.82, 2.24) is 0 Å². The van der Waals surface area contributed by atoms with Crippen molar-refractivity contribution in [3.05, 3.63) is 52.3 Å². The third-order valence-electron chi connectivity index (χ3n) is 2.71. The van der Waals surface area contributed by atoms with Crippen LogP contribution in [0, 0.1) is 24.1 Å². The van der Waals surface area contributed by atoms with E-state index in [9.17, 15) is 4.39 Å². The third-order valence-corrected chi connectivity index (χ3v) is 3.00. The van der Waals surface area contributed by atoms with E-state index in [0.29, 0.717) is 16.9 Å². The molecule has 0 fully saturated rings. The molecule has 0 radical (unpaired) electrons. The van der Waals surface area contributed by atoms with E-state index in [-0.39, 0.29) is 16.5 Å². The highest BCUT2D eigenvalue weighted by molar-refractivity contribution is 6.32. The molecule has 5 heteroatoms. The Kier molecular flexibility index (Phi) is 4.11. The van der Waals surface area contributed by atoms with Gasteiger partial charge in [-0.15, -0.1) is 0 Å². The molecular formula is C15H11ClFNO2. The van der Waals surface area contributed by atoms with Gasteiger partial charge in [-0.25, -0.2) is 4.39 Å². The molecule has 0 saturated heterocycles. The molecule has 2 aromatic carbocycles. The van der Waals surface area contributed by atoms with Gasteiger partial charge in [0.05, 0.1) is 23.8 Å². The van der Waals surface area contributed by atoms with Gasteiger partial charge in [-0.1, -0.05) is 17.7 Å². The Bertz CT molecular complexity index is 695. The van der Waals surface area contributed by atoms with Crippen molar-refractivity contribution in [3.8, 4) is 23.3 Å². The normalized spacial score (nSPS) is 9.95. The SMILES string of the molecule is COc1cc(C#N)cc(Oc2c(Cl)ccc(C)c2F)c1. The molecule has 20 heavy (non-hydrogen) atoms. The number of hydrogen-bond acceptors (Lipinski definition) is 3. The zero-order chi connectivity index (χ0) is 14.7. The molecule has 0 spiro atoms. The number of ether oxygens (including phenoxy) is 2. The number of rotatable bonds is 3. The Morgan fingerprint density at radius 1 is 1.20 bits per heavy atom. The Morgan fingerprint density at radius 3 is 2.55 bits per heavy atom. The summed E-state index contributed by atoms with van der Waals surface area (Å²) in [6.07, 6.45) is 0. The number of nitrogens with zero attached hydrogens (tertiary/aromatic N) is 1. The van der Waals surface area contributed by atoms with Crippen LogP contribution in [0.15, 0.2) is 30.3 Å². The molecule has 0 saturated carbocycles.